The molecule has 0 saturated carbocycles. The molecule has 0 N–H and O–H groups in total. The first-order valence-electron chi connectivity index (χ1n) is 6.41. The van der Waals surface area contributed by atoms with Crippen LogP contribution in [0.25, 0.3) is 0 Å². The molecule has 0 aromatic carbocycles. The van der Waals surface area contributed by atoms with Crippen LogP contribution in [0.15, 0.2) is 0 Å². The van der Waals surface area contributed by atoms with Gasteiger partial charge in [0.25, 0.3) is 0 Å². The van der Waals surface area contributed by atoms with Gasteiger partial charge in [-0.1, -0.05) is 41.5 Å². The minimum Gasteiger partial charge on any atom is -0.339 e. The monoisotopic (exact) mass is 225 g/mol. The highest BCUT2D eigenvalue weighted by Crippen LogP contribution is 2.36. The van der Waals surface area contributed by atoms with Gasteiger partial charge in [-0.05, 0) is 23.7 Å². The smallest absolute Gasteiger partial charge is 0.222 e. The first-order valence-corrected chi connectivity index (χ1v) is 6.41. The summed E-state index contributed by atoms with van der Waals surface area (Å²) in [5.74, 6) is 0.351. The first-order chi connectivity index (χ1) is 7.11. The number of hydrogen-bond acceptors (Lipinski definition) is 1. The molecule has 1 unspecified atom stereocenters. The summed E-state index contributed by atoms with van der Waals surface area (Å²) in [6, 6.07) is 0.377. The number of likely N-dealkylation sites (tertiary alicyclic amines) is 1. The molecule has 1 amide bonds. The number of amides is 1. The van der Waals surface area contributed by atoms with Crippen LogP contribution in [0.2, 0.25) is 0 Å². The number of hydrogen-bond donors (Lipinski definition) is 0. The van der Waals surface area contributed by atoms with Crippen LogP contribution in [0.4, 0.5) is 0 Å². The van der Waals surface area contributed by atoms with E-state index >= 15 is 0 Å². The van der Waals surface area contributed by atoms with Crippen molar-refractivity contribution in [3.63, 3.8) is 0 Å². The summed E-state index contributed by atoms with van der Waals surface area (Å²) in [5.41, 5.74) is 0.452. The Morgan fingerprint density at radius 1 is 1.19 bits per heavy atom. The lowest BCUT2D eigenvalue weighted by atomic mass is 9.76. The molecule has 0 aliphatic carbocycles. The van der Waals surface area contributed by atoms with Gasteiger partial charge in [-0.3, -0.25) is 4.79 Å². The molecule has 1 atom stereocenters. The van der Waals surface area contributed by atoms with E-state index in [1.54, 1.807) is 0 Å². The second-order valence-electron chi connectivity index (χ2n) is 7.34. The van der Waals surface area contributed by atoms with E-state index in [1.165, 1.54) is 0 Å². The maximum absolute atomic E-state index is 11.9. The van der Waals surface area contributed by atoms with Crippen LogP contribution in [0.3, 0.4) is 0 Å². The average Bonchev–Trinajstić information content (AvgIpc) is 2.43. The Balaban J connectivity index is 2.83. The molecule has 1 aliphatic rings. The number of carbonyl (C=O) groups is 1. The third-order valence-electron chi connectivity index (χ3n) is 3.29. The van der Waals surface area contributed by atoms with E-state index in [1.807, 2.05) is 0 Å². The van der Waals surface area contributed by atoms with Gasteiger partial charge in [0, 0.05) is 19.0 Å². The van der Waals surface area contributed by atoms with E-state index in [4.69, 9.17) is 0 Å². The summed E-state index contributed by atoms with van der Waals surface area (Å²) in [7, 11) is 0. The molecule has 1 fully saturated rings. The normalized spacial score (nSPS) is 20.4. The predicted molar refractivity (Wildman–Crippen MR) is 68.3 cm³/mol. The van der Waals surface area contributed by atoms with Gasteiger partial charge in [0.15, 0.2) is 0 Å². The van der Waals surface area contributed by atoms with Gasteiger partial charge in [0.1, 0.15) is 0 Å². The summed E-state index contributed by atoms with van der Waals surface area (Å²) >= 11 is 0. The molecule has 1 saturated heterocycles. The number of nitrogens with zero attached hydrogens (tertiary/aromatic N) is 1. The van der Waals surface area contributed by atoms with Crippen LogP contribution in [0.1, 0.15) is 60.8 Å². The van der Waals surface area contributed by atoms with Gasteiger partial charge >= 0.3 is 0 Å². The fraction of sp³-hybridized carbons (Fsp3) is 0.929. The molecule has 94 valence electrons. The second kappa shape index (κ2) is 4.38. The molecule has 0 bridgehead atoms. The zero-order chi connectivity index (χ0) is 12.6. The molecule has 1 rings (SSSR count). The third-order valence-corrected chi connectivity index (χ3v) is 3.29. The van der Waals surface area contributed by atoms with E-state index in [2.05, 4.69) is 46.4 Å². The maximum Gasteiger partial charge on any atom is 0.222 e. The summed E-state index contributed by atoms with van der Waals surface area (Å²) in [6.45, 7) is 14.5. The van der Waals surface area contributed by atoms with Crippen molar-refractivity contribution in [2.45, 2.75) is 66.8 Å². The highest BCUT2D eigenvalue weighted by atomic mass is 16.2. The molecule has 0 aromatic heterocycles. The van der Waals surface area contributed by atoms with Crippen molar-refractivity contribution in [1.82, 2.24) is 4.90 Å². The minimum absolute atomic E-state index is 0.174. The van der Waals surface area contributed by atoms with Gasteiger partial charge < -0.3 is 4.90 Å². The standard InChI is InChI=1S/C14H27NO/c1-13(2,3)10-11(14(4,5)6)15-9-7-8-12(15)16/h11H,7-10H2,1-6H3. The summed E-state index contributed by atoms with van der Waals surface area (Å²) in [4.78, 5) is 14.0. The largest absolute Gasteiger partial charge is 0.339 e. The summed E-state index contributed by atoms with van der Waals surface area (Å²) in [6.07, 6.45) is 2.87. The predicted octanol–water partition coefficient (Wildman–Crippen LogP) is 3.46. The lowest BCUT2D eigenvalue weighted by Gasteiger charge is -2.41. The van der Waals surface area contributed by atoms with E-state index in [9.17, 15) is 4.79 Å². The Morgan fingerprint density at radius 2 is 1.75 bits per heavy atom. The van der Waals surface area contributed by atoms with Crippen molar-refractivity contribution in [2.75, 3.05) is 6.54 Å². The summed E-state index contributed by atoms with van der Waals surface area (Å²) < 4.78 is 0. The van der Waals surface area contributed by atoms with Crippen molar-refractivity contribution in [1.29, 1.82) is 0 Å². The van der Waals surface area contributed by atoms with Crippen molar-refractivity contribution >= 4 is 5.91 Å². The molecule has 0 radical (unpaired) electrons. The van der Waals surface area contributed by atoms with Crippen LogP contribution in [0, 0.1) is 10.8 Å². The molecule has 2 heteroatoms. The topological polar surface area (TPSA) is 20.3 Å². The van der Waals surface area contributed by atoms with Gasteiger partial charge in [-0.15, -0.1) is 0 Å². The SMILES string of the molecule is CC(C)(C)CC(N1CCCC1=O)C(C)(C)C. The minimum atomic E-state index is 0.174. The molecule has 2 nitrogen and oxygen atoms in total. The zero-order valence-corrected chi connectivity index (χ0v) is 11.8. The van der Waals surface area contributed by atoms with E-state index in [-0.39, 0.29) is 10.8 Å². The molecule has 1 aliphatic heterocycles. The van der Waals surface area contributed by atoms with Crippen LogP contribution in [-0.2, 0) is 4.79 Å². The zero-order valence-electron chi connectivity index (χ0n) is 11.8. The van der Waals surface area contributed by atoms with Crippen molar-refractivity contribution < 1.29 is 4.79 Å². The lowest BCUT2D eigenvalue weighted by Crippen LogP contribution is -2.46. The Bertz CT molecular complexity index is 257. The van der Waals surface area contributed by atoms with Crippen LogP contribution < -0.4 is 0 Å². The Labute approximate surface area is 100 Å². The van der Waals surface area contributed by atoms with E-state index in [0.717, 1.165) is 25.8 Å². The second-order valence-corrected chi connectivity index (χ2v) is 7.34. The van der Waals surface area contributed by atoms with Crippen molar-refractivity contribution in [2.24, 2.45) is 10.8 Å². The molecular weight excluding hydrogens is 198 g/mol. The van der Waals surface area contributed by atoms with Gasteiger partial charge in [-0.25, -0.2) is 0 Å². The van der Waals surface area contributed by atoms with Gasteiger partial charge in [0.2, 0.25) is 5.91 Å². The molecule has 1 heterocycles. The molecule has 0 spiro atoms. The average molecular weight is 225 g/mol. The van der Waals surface area contributed by atoms with Crippen LogP contribution in [-0.4, -0.2) is 23.4 Å². The highest BCUT2D eigenvalue weighted by Gasteiger charge is 2.37. The van der Waals surface area contributed by atoms with E-state index < -0.39 is 0 Å². The maximum atomic E-state index is 11.9. The Hall–Kier alpha value is -0.530. The van der Waals surface area contributed by atoms with E-state index in [0.29, 0.717) is 11.9 Å². The Kier molecular flexibility index (Phi) is 3.71. The van der Waals surface area contributed by atoms with Crippen molar-refractivity contribution in [3.8, 4) is 0 Å². The van der Waals surface area contributed by atoms with Gasteiger partial charge in [0.05, 0.1) is 0 Å². The van der Waals surface area contributed by atoms with Gasteiger partial charge in [-0.2, -0.15) is 0 Å². The molecule has 16 heavy (non-hydrogen) atoms. The molecular formula is C14H27NO. The quantitative estimate of drug-likeness (QED) is 0.705. The van der Waals surface area contributed by atoms with Crippen LogP contribution in [0.5, 0.6) is 0 Å². The third kappa shape index (κ3) is 3.50. The number of rotatable bonds is 2. The fourth-order valence-corrected chi connectivity index (χ4v) is 2.46. The summed E-state index contributed by atoms with van der Waals surface area (Å²) in [5, 5.41) is 0. The first kappa shape index (κ1) is 13.5. The number of carbonyl (C=O) groups excluding carboxylic acids is 1. The molecule has 0 aromatic rings. The fourth-order valence-electron chi connectivity index (χ4n) is 2.46. The Morgan fingerprint density at radius 3 is 2.06 bits per heavy atom. The highest BCUT2D eigenvalue weighted by molar-refractivity contribution is 5.78. The van der Waals surface area contributed by atoms with Crippen LogP contribution >= 0.6 is 0 Å². The lowest BCUT2D eigenvalue weighted by molar-refractivity contribution is -0.132. The van der Waals surface area contributed by atoms with Crippen molar-refractivity contribution in [3.05, 3.63) is 0 Å².